The lowest BCUT2D eigenvalue weighted by molar-refractivity contribution is 0.271. The molecule has 0 aliphatic carbocycles. The van der Waals surface area contributed by atoms with Crippen molar-refractivity contribution in [3.05, 3.63) is 16.9 Å². The second kappa shape index (κ2) is 5.01. The third kappa shape index (κ3) is 2.30. The normalized spacial score (nSPS) is 17.8. The number of nitrogen functional groups attached to an aromatic ring is 1. The number of aromatic nitrogens is 1. The molecule has 1 aromatic rings. The molecule has 16 heavy (non-hydrogen) atoms. The van der Waals surface area contributed by atoms with Crippen molar-refractivity contribution < 1.29 is 0 Å². The summed E-state index contributed by atoms with van der Waals surface area (Å²) in [5.41, 5.74) is 7.81. The molecule has 0 aromatic carbocycles. The van der Waals surface area contributed by atoms with E-state index in [1.54, 1.807) is 12.4 Å². The van der Waals surface area contributed by atoms with E-state index < -0.39 is 0 Å². The molecular formula is C11H17BrN4. The SMILES string of the molecule is CCN1CCN(c2c(N)cncc2Br)CC1. The first-order chi connectivity index (χ1) is 7.72. The average molecular weight is 285 g/mol. The van der Waals surface area contributed by atoms with Gasteiger partial charge in [0, 0.05) is 32.4 Å². The van der Waals surface area contributed by atoms with Crippen LogP contribution >= 0.6 is 15.9 Å². The molecule has 2 heterocycles. The van der Waals surface area contributed by atoms with Gasteiger partial charge in [-0.05, 0) is 22.5 Å². The smallest absolute Gasteiger partial charge is 0.0776 e. The first-order valence-corrected chi connectivity index (χ1v) is 6.38. The maximum atomic E-state index is 5.97. The summed E-state index contributed by atoms with van der Waals surface area (Å²) in [6.07, 6.45) is 3.52. The van der Waals surface area contributed by atoms with Crippen LogP contribution in [-0.4, -0.2) is 42.6 Å². The minimum absolute atomic E-state index is 0.749. The van der Waals surface area contributed by atoms with Crippen LogP contribution < -0.4 is 10.6 Å². The van der Waals surface area contributed by atoms with Gasteiger partial charge in [-0.2, -0.15) is 0 Å². The first-order valence-electron chi connectivity index (χ1n) is 5.58. The third-order valence-corrected chi connectivity index (χ3v) is 3.62. The summed E-state index contributed by atoms with van der Waals surface area (Å²) in [6.45, 7) is 7.59. The van der Waals surface area contributed by atoms with Crippen molar-refractivity contribution in [2.24, 2.45) is 0 Å². The molecule has 2 N–H and O–H groups in total. The Kier molecular flexibility index (Phi) is 3.66. The fraction of sp³-hybridized carbons (Fsp3) is 0.545. The summed E-state index contributed by atoms with van der Waals surface area (Å²) in [4.78, 5) is 8.83. The van der Waals surface area contributed by atoms with Crippen LogP contribution in [0.2, 0.25) is 0 Å². The Morgan fingerprint density at radius 1 is 1.31 bits per heavy atom. The van der Waals surface area contributed by atoms with Crippen molar-refractivity contribution in [3.63, 3.8) is 0 Å². The van der Waals surface area contributed by atoms with E-state index in [1.165, 1.54) is 0 Å². The molecule has 0 atom stereocenters. The quantitative estimate of drug-likeness (QED) is 0.896. The lowest BCUT2D eigenvalue weighted by atomic mass is 10.2. The van der Waals surface area contributed by atoms with E-state index in [4.69, 9.17) is 5.73 Å². The second-order valence-corrected chi connectivity index (χ2v) is 4.83. The van der Waals surface area contributed by atoms with E-state index in [0.29, 0.717) is 0 Å². The van der Waals surface area contributed by atoms with Gasteiger partial charge in [0.05, 0.1) is 22.0 Å². The van der Waals surface area contributed by atoms with Crippen molar-refractivity contribution in [1.29, 1.82) is 0 Å². The van der Waals surface area contributed by atoms with Crippen LogP contribution in [0.4, 0.5) is 11.4 Å². The Balaban J connectivity index is 2.14. The topological polar surface area (TPSA) is 45.4 Å². The molecule has 5 heteroatoms. The summed E-state index contributed by atoms with van der Waals surface area (Å²) < 4.78 is 0.984. The molecule has 1 fully saturated rings. The minimum Gasteiger partial charge on any atom is -0.396 e. The summed E-state index contributed by atoms with van der Waals surface area (Å²) in [5.74, 6) is 0. The number of nitrogens with two attached hydrogens (primary N) is 1. The van der Waals surface area contributed by atoms with E-state index >= 15 is 0 Å². The number of piperazine rings is 1. The van der Waals surface area contributed by atoms with Gasteiger partial charge in [-0.3, -0.25) is 4.98 Å². The van der Waals surface area contributed by atoms with Crippen LogP contribution in [0.5, 0.6) is 0 Å². The highest BCUT2D eigenvalue weighted by Crippen LogP contribution is 2.31. The molecule has 1 aliphatic heterocycles. The zero-order chi connectivity index (χ0) is 11.5. The highest BCUT2D eigenvalue weighted by atomic mass is 79.9. The number of hydrogen-bond donors (Lipinski definition) is 1. The Morgan fingerprint density at radius 3 is 2.56 bits per heavy atom. The number of anilines is 2. The summed E-state index contributed by atoms with van der Waals surface area (Å²) in [5, 5.41) is 0. The predicted octanol–water partition coefficient (Wildman–Crippen LogP) is 1.57. The number of nitrogens with zero attached hydrogens (tertiary/aromatic N) is 3. The molecule has 0 bridgehead atoms. The monoisotopic (exact) mass is 284 g/mol. The number of likely N-dealkylation sites (N-methyl/N-ethyl adjacent to an activating group) is 1. The fourth-order valence-corrected chi connectivity index (χ4v) is 2.66. The Morgan fingerprint density at radius 2 is 2.00 bits per heavy atom. The van der Waals surface area contributed by atoms with Crippen LogP contribution in [-0.2, 0) is 0 Å². The van der Waals surface area contributed by atoms with Gasteiger partial charge < -0.3 is 15.5 Å². The Bertz CT molecular complexity index is 341. The van der Waals surface area contributed by atoms with Gasteiger partial charge in [0.2, 0.25) is 0 Å². The number of hydrogen-bond acceptors (Lipinski definition) is 4. The number of halogens is 1. The van der Waals surface area contributed by atoms with Crippen LogP contribution in [0.3, 0.4) is 0 Å². The predicted molar refractivity (Wildman–Crippen MR) is 70.7 cm³/mol. The van der Waals surface area contributed by atoms with E-state index in [-0.39, 0.29) is 0 Å². The largest absolute Gasteiger partial charge is 0.396 e. The second-order valence-electron chi connectivity index (χ2n) is 3.98. The van der Waals surface area contributed by atoms with Gasteiger partial charge in [-0.15, -0.1) is 0 Å². The molecule has 4 nitrogen and oxygen atoms in total. The highest BCUT2D eigenvalue weighted by Gasteiger charge is 2.19. The molecule has 0 radical (unpaired) electrons. The minimum atomic E-state index is 0.749. The lowest BCUT2D eigenvalue weighted by Gasteiger charge is -2.36. The van der Waals surface area contributed by atoms with Gasteiger partial charge in [-0.1, -0.05) is 6.92 Å². The van der Waals surface area contributed by atoms with Crippen molar-refractivity contribution in [3.8, 4) is 0 Å². The molecule has 2 rings (SSSR count). The van der Waals surface area contributed by atoms with E-state index in [1.807, 2.05) is 0 Å². The molecule has 88 valence electrons. The van der Waals surface area contributed by atoms with Crippen LogP contribution in [0.15, 0.2) is 16.9 Å². The van der Waals surface area contributed by atoms with Crippen LogP contribution in [0.1, 0.15) is 6.92 Å². The van der Waals surface area contributed by atoms with E-state index in [0.717, 1.165) is 48.6 Å². The fourth-order valence-electron chi connectivity index (χ4n) is 2.06. The zero-order valence-electron chi connectivity index (χ0n) is 9.49. The molecule has 1 aliphatic rings. The van der Waals surface area contributed by atoms with Gasteiger partial charge in [0.25, 0.3) is 0 Å². The third-order valence-electron chi connectivity index (χ3n) is 3.04. The molecule has 0 amide bonds. The molecular weight excluding hydrogens is 268 g/mol. The Hall–Kier alpha value is -0.810. The van der Waals surface area contributed by atoms with Gasteiger partial charge in [0.15, 0.2) is 0 Å². The molecule has 0 saturated carbocycles. The highest BCUT2D eigenvalue weighted by molar-refractivity contribution is 9.10. The van der Waals surface area contributed by atoms with E-state index in [9.17, 15) is 0 Å². The lowest BCUT2D eigenvalue weighted by Crippen LogP contribution is -2.46. The summed E-state index contributed by atoms with van der Waals surface area (Å²) >= 11 is 3.52. The molecule has 0 unspecified atom stereocenters. The van der Waals surface area contributed by atoms with Crippen molar-refractivity contribution in [2.45, 2.75) is 6.92 Å². The number of pyridine rings is 1. The molecule has 1 aromatic heterocycles. The summed E-state index contributed by atoms with van der Waals surface area (Å²) in [6, 6.07) is 0. The van der Waals surface area contributed by atoms with Crippen LogP contribution in [0, 0.1) is 0 Å². The van der Waals surface area contributed by atoms with Gasteiger partial charge in [0.1, 0.15) is 0 Å². The van der Waals surface area contributed by atoms with Crippen molar-refractivity contribution in [2.75, 3.05) is 43.4 Å². The molecule has 0 spiro atoms. The summed E-state index contributed by atoms with van der Waals surface area (Å²) in [7, 11) is 0. The van der Waals surface area contributed by atoms with E-state index in [2.05, 4.69) is 37.6 Å². The first kappa shape index (κ1) is 11.7. The average Bonchev–Trinajstić information content (AvgIpc) is 2.30. The zero-order valence-corrected chi connectivity index (χ0v) is 11.1. The van der Waals surface area contributed by atoms with Crippen molar-refractivity contribution in [1.82, 2.24) is 9.88 Å². The Labute approximate surface area is 105 Å². The maximum absolute atomic E-state index is 5.97. The standard InChI is InChI=1S/C11H17BrN4/c1-2-15-3-5-16(6-4-15)11-9(12)7-14-8-10(11)13/h7-8H,2-6,13H2,1H3. The van der Waals surface area contributed by atoms with Gasteiger partial charge >= 0.3 is 0 Å². The maximum Gasteiger partial charge on any atom is 0.0776 e. The van der Waals surface area contributed by atoms with Crippen LogP contribution in [0.25, 0.3) is 0 Å². The number of rotatable bonds is 2. The molecule has 1 saturated heterocycles. The van der Waals surface area contributed by atoms with Gasteiger partial charge in [-0.25, -0.2) is 0 Å². The van der Waals surface area contributed by atoms with Crippen molar-refractivity contribution >= 4 is 27.3 Å².